The molecule has 108 valence electrons. The van der Waals surface area contributed by atoms with Gasteiger partial charge in [-0.25, -0.2) is 12.7 Å². The van der Waals surface area contributed by atoms with Gasteiger partial charge in [-0.15, -0.1) is 0 Å². The molecular weight excluding hydrogens is 281 g/mol. The van der Waals surface area contributed by atoms with Crippen molar-refractivity contribution in [2.24, 2.45) is 0 Å². The molecule has 0 bridgehead atoms. The fourth-order valence-corrected chi connectivity index (χ4v) is 2.55. The minimum atomic E-state index is -4.38. The maximum atomic E-state index is 12.1. The Morgan fingerprint density at radius 3 is 2.16 bits per heavy atom. The van der Waals surface area contributed by atoms with E-state index in [2.05, 4.69) is 5.32 Å². The van der Waals surface area contributed by atoms with Gasteiger partial charge in [0.15, 0.2) is 0 Å². The summed E-state index contributed by atoms with van der Waals surface area (Å²) in [6.45, 7) is -0.598. The summed E-state index contributed by atoms with van der Waals surface area (Å²) in [5, 5.41) is 2.82. The number of benzene rings is 1. The lowest BCUT2D eigenvalue weighted by molar-refractivity contribution is -0.135. The third kappa shape index (κ3) is 4.39. The Morgan fingerprint density at radius 1 is 1.21 bits per heavy atom. The van der Waals surface area contributed by atoms with Crippen LogP contribution in [-0.4, -0.2) is 39.5 Å². The summed E-state index contributed by atoms with van der Waals surface area (Å²) in [6.07, 6.45) is -5.54. The normalized spacial score (nSPS) is 12.7. The van der Waals surface area contributed by atoms with E-state index in [1.54, 1.807) is 19.2 Å². The highest BCUT2D eigenvalue weighted by Gasteiger charge is 2.30. The van der Waals surface area contributed by atoms with Crippen molar-refractivity contribution in [2.75, 3.05) is 26.0 Å². The van der Waals surface area contributed by atoms with E-state index in [1.807, 2.05) is 0 Å². The molecule has 0 unspecified atom stereocenters. The number of rotatable bonds is 5. The smallest absolute Gasteiger partial charge is 0.388 e. The molecule has 0 heterocycles. The standard InChI is InChI=1S/C11H15F3N2O2S/c1-15-9-3-5-10(6-4-9)19(17,18)16(2)8-7-11(12,13)14/h3-6,15H,7-8H2,1-2H3. The number of sulfonamides is 1. The van der Waals surface area contributed by atoms with E-state index in [1.165, 1.54) is 12.1 Å². The second-order valence-electron chi connectivity index (χ2n) is 3.97. The number of alkyl halides is 3. The average molecular weight is 296 g/mol. The lowest BCUT2D eigenvalue weighted by Crippen LogP contribution is -2.30. The predicted molar refractivity (Wildman–Crippen MR) is 66.5 cm³/mol. The Balaban J connectivity index is 2.84. The first kappa shape index (κ1) is 15.8. The van der Waals surface area contributed by atoms with Crippen LogP contribution in [0, 0.1) is 0 Å². The van der Waals surface area contributed by atoms with Crippen molar-refractivity contribution in [1.29, 1.82) is 0 Å². The highest BCUT2D eigenvalue weighted by molar-refractivity contribution is 7.89. The van der Waals surface area contributed by atoms with Crippen LogP contribution in [0.25, 0.3) is 0 Å². The van der Waals surface area contributed by atoms with Crippen LogP contribution < -0.4 is 5.32 Å². The van der Waals surface area contributed by atoms with Crippen molar-refractivity contribution >= 4 is 15.7 Å². The van der Waals surface area contributed by atoms with Crippen LogP contribution in [0.3, 0.4) is 0 Å². The van der Waals surface area contributed by atoms with Gasteiger partial charge < -0.3 is 5.32 Å². The van der Waals surface area contributed by atoms with Crippen molar-refractivity contribution in [1.82, 2.24) is 4.31 Å². The Morgan fingerprint density at radius 2 is 1.74 bits per heavy atom. The molecule has 0 spiro atoms. The maximum absolute atomic E-state index is 12.1. The third-order valence-corrected chi connectivity index (χ3v) is 4.43. The second kappa shape index (κ2) is 5.79. The van der Waals surface area contributed by atoms with Crippen LogP contribution in [0.2, 0.25) is 0 Å². The van der Waals surface area contributed by atoms with E-state index in [0.717, 1.165) is 12.7 Å². The molecule has 0 saturated carbocycles. The summed E-state index contributed by atoms with van der Waals surface area (Å²) >= 11 is 0. The molecule has 19 heavy (non-hydrogen) atoms. The zero-order chi connectivity index (χ0) is 14.7. The third-order valence-electron chi connectivity index (χ3n) is 2.56. The average Bonchev–Trinajstić information content (AvgIpc) is 2.35. The van der Waals surface area contributed by atoms with Gasteiger partial charge in [0.2, 0.25) is 10.0 Å². The quantitative estimate of drug-likeness (QED) is 0.907. The Kier molecular flexibility index (Phi) is 4.81. The highest BCUT2D eigenvalue weighted by Crippen LogP contribution is 2.22. The number of nitrogens with one attached hydrogen (secondary N) is 1. The molecule has 8 heteroatoms. The second-order valence-corrected chi connectivity index (χ2v) is 6.01. The fraction of sp³-hybridized carbons (Fsp3) is 0.455. The molecule has 0 radical (unpaired) electrons. The van der Waals surface area contributed by atoms with Crippen molar-refractivity contribution in [3.05, 3.63) is 24.3 Å². The lowest BCUT2D eigenvalue weighted by Gasteiger charge is -2.18. The SMILES string of the molecule is CNc1ccc(S(=O)(=O)N(C)CCC(F)(F)F)cc1. The van der Waals surface area contributed by atoms with Crippen LogP contribution in [0.1, 0.15) is 6.42 Å². The summed E-state index contributed by atoms with van der Waals surface area (Å²) < 4.78 is 60.9. The maximum Gasteiger partial charge on any atom is 0.390 e. The van der Waals surface area contributed by atoms with Gasteiger partial charge in [-0.2, -0.15) is 13.2 Å². The zero-order valence-corrected chi connectivity index (χ0v) is 11.3. The van der Waals surface area contributed by atoms with E-state index < -0.39 is 29.2 Å². The van der Waals surface area contributed by atoms with Gasteiger partial charge in [-0.3, -0.25) is 0 Å². The van der Waals surface area contributed by atoms with Crippen LogP contribution in [-0.2, 0) is 10.0 Å². The minimum Gasteiger partial charge on any atom is -0.388 e. The number of nitrogens with zero attached hydrogens (tertiary/aromatic N) is 1. The van der Waals surface area contributed by atoms with Gasteiger partial charge in [-0.05, 0) is 24.3 Å². The summed E-state index contributed by atoms with van der Waals surface area (Å²) in [4.78, 5) is -0.0313. The first-order valence-corrected chi connectivity index (χ1v) is 6.92. The van der Waals surface area contributed by atoms with Gasteiger partial charge in [-0.1, -0.05) is 0 Å². The topological polar surface area (TPSA) is 49.4 Å². The molecule has 1 N–H and O–H groups in total. The molecule has 1 aromatic rings. The molecule has 0 amide bonds. The van der Waals surface area contributed by atoms with Crippen molar-refractivity contribution in [3.63, 3.8) is 0 Å². The molecule has 0 aromatic heterocycles. The molecular formula is C11H15F3N2O2S. The molecule has 0 saturated heterocycles. The highest BCUT2D eigenvalue weighted by atomic mass is 32.2. The minimum absolute atomic E-state index is 0.0313. The Bertz CT molecular complexity index is 512. The first-order chi connectivity index (χ1) is 8.66. The predicted octanol–water partition coefficient (Wildman–Crippen LogP) is 2.30. The van der Waals surface area contributed by atoms with E-state index in [0.29, 0.717) is 4.31 Å². The number of halogens is 3. The molecule has 1 aromatic carbocycles. The van der Waals surface area contributed by atoms with Crippen LogP contribution in [0.4, 0.5) is 18.9 Å². The van der Waals surface area contributed by atoms with Crippen molar-refractivity contribution in [2.45, 2.75) is 17.5 Å². The first-order valence-electron chi connectivity index (χ1n) is 5.48. The summed E-state index contributed by atoms with van der Waals surface area (Å²) in [5.74, 6) is 0. The summed E-state index contributed by atoms with van der Waals surface area (Å²) in [6, 6.07) is 5.80. The Labute approximate surface area is 110 Å². The molecule has 0 aliphatic carbocycles. The van der Waals surface area contributed by atoms with E-state index >= 15 is 0 Å². The van der Waals surface area contributed by atoms with E-state index in [9.17, 15) is 21.6 Å². The van der Waals surface area contributed by atoms with Gasteiger partial charge in [0.25, 0.3) is 0 Å². The van der Waals surface area contributed by atoms with Gasteiger partial charge in [0, 0.05) is 26.3 Å². The summed E-state index contributed by atoms with van der Waals surface area (Å²) in [7, 11) is -1.07. The molecule has 0 aliphatic heterocycles. The molecule has 0 fully saturated rings. The van der Waals surface area contributed by atoms with Crippen molar-refractivity contribution in [3.8, 4) is 0 Å². The largest absolute Gasteiger partial charge is 0.390 e. The molecule has 4 nitrogen and oxygen atoms in total. The van der Waals surface area contributed by atoms with Gasteiger partial charge >= 0.3 is 6.18 Å². The van der Waals surface area contributed by atoms with Gasteiger partial charge in [0.05, 0.1) is 11.3 Å². The fourth-order valence-electron chi connectivity index (χ4n) is 1.38. The monoisotopic (exact) mass is 296 g/mol. The number of anilines is 1. The van der Waals surface area contributed by atoms with Crippen LogP contribution in [0.5, 0.6) is 0 Å². The Hall–Kier alpha value is -1.28. The molecule has 0 aliphatic rings. The van der Waals surface area contributed by atoms with E-state index in [-0.39, 0.29) is 4.90 Å². The lowest BCUT2D eigenvalue weighted by atomic mass is 10.3. The molecule has 1 rings (SSSR count). The zero-order valence-electron chi connectivity index (χ0n) is 10.5. The summed E-state index contributed by atoms with van der Waals surface area (Å²) in [5.41, 5.74) is 0.719. The number of hydrogen-bond donors (Lipinski definition) is 1. The number of hydrogen-bond acceptors (Lipinski definition) is 3. The van der Waals surface area contributed by atoms with Crippen LogP contribution >= 0.6 is 0 Å². The van der Waals surface area contributed by atoms with Crippen LogP contribution in [0.15, 0.2) is 29.2 Å². The van der Waals surface area contributed by atoms with Crippen molar-refractivity contribution < 1.29 is 21.6 Å². The van der Waals surface area contributed by atoms with E-state index in [4.69, 9.17) is 0 Å². The van der Waals surface area contributed by atoms with Gasteiger partial charge in [0.1, 0.15) is 0 Å². The molecule has 0 atom stereocenters.